The van der Waals surface area contributed by atoms with Crippen LogP contribution in [0.4, 0.5) is 0 Å². The molecular formula is C15H21N5O5. The maximum absolute atomic E-state index is 13.0. The van der Waals surface area contributed by atoms with Gasteiger partial charge in [0.2, 0.25) is 0 Å². The van der Waals surface area contributed by atoms with Crippen LogP contribution < -0.4 is 5.56 Å². The van der Waals surface area contributed by atoms with Crippen LogP contribution in [0.15, 0.2) is 4.79 Å². The lowest BCUT2D eigenvalue weighted by molar-refractivity contribution is -0.0619. The summed E-state index contributed by atoms with van der Waals surface area (Å²) in [6.07, 6.45) is -1.38. The Labute approximate surface area is 142 Å². The van der Waals surface area contributed by atoms with Crippen LogP contribution in [0.3, 0.4) is 0 Å². The Hall–Kier alpha value is -1.88. The van der Waals surface area contributed by atoms with E-state index in [4.69, 9.17) is 4.74 Å². The van der Waals surface area contributed by atoms with Gasteiger partial charge < -0.3 is 20.1 Å². The molecule has 0 aromatic carbocycles. The minimum absolute atomic E-state index is 0.184. The van der Waals surface area contributed by atoms with E-state index in [1.807, 2.05) is 6.92 Å². The fourth-order valence-electron chi connectivity index (χ4n) is 3.26. The number of aromatic nitrogens is 5. The summed E-state index contributed by atoms with van der Waals surface area (Å²) < 4.78 is 8.04. The molecule has 2 aromatic rings. The van der Waals surface area contributed by atoms with Gasteiger partial charge >= 0.3 is 0 Å². The zero-order valence-corrected chi connectivity index (χ0v) is 13.8. The van der Waals surface area contributed by atoms with E-state index in [0.29, 0.717) is 17.5 Å². The highest BCUT2D eigenvalue weighted by Crippen LogP contribution is 2.36. The highest BCUT2D eigenvalue weighted by Gasteiger charge is 2.45. The molecule has 4 unspecified atom stereocenters. The normalized spacial score (nSPS) is 29.6. The zero-order valence-electron chi connectivity index (χ0n) is 13.8. The number of aliphatic hydroxyl groups excluding tert-OH is 3. The fraction of sp³-hybridized carbons (Fsp3) is 0.733. The van der Waals surface area contributed by atoms with Gasteiger partial charge in [-0.25, -0.2) is 0 Å². The third kappa shape index (κ3) is 2.56. The van der Waals surface area contributed by atoms with Gasteiger partial charge in [0.05, 0.1) is 18.3 Å². The summed E-state index contributed by atoms with van der Waals surface area (Å²) >= 11 is 0. The maximum atomic E-state index is 13.0. The predicted molar refractivity (Wildman–Crippen MR) is 84.9 cm³/mol. The van der Waals surface area contributed by atoms with Crippen molar-refractivity contribution >= 4 is 11.0 Å². The second-order valence-electron chi connectivity index (χ2n) is 6.64. The van der Waals surface area contributed by atoms with Crippen LogP contribution in [0.5, 0.6) is 0 Å². The molecule has 2 fully saturated rings. The summed E-state index contributed by atoms with van der Waals surface area (Å²) in [5.74, 6) is 0. The number of ether oxygens (including phenoxy) is 1. The van der Waals surface area contributed by atoms with Gasteiger partial charge in [-0.3, -0.25) is 9.48 Å². The SMILES string of the molecule is CCCc1nn(C2CC2)c2c(=O)n(C3OC(CO)C(O)C3O)nnc12. The Bertz CT molecular complexity index is 845. The third-order valence-corrected chi connectivity index (χ3v) is 4.74. The average molecular weight is 351 g/mol. The molecule has 2 aromatic heterocycles. The Morgan fingerprint density at radius 1 is 1.24 bits per heavy atom. The van der Waals surface area contributed by atoms with Crippen LogP contribution >= 0.6 is 0 Å². The molecule has 0 amide bonds. The lowest BCUT2D eigenvalue weighted by Gasteiger charge is -2.15. The first kappa shape index (κ1) is 16.6. The highest BCUT2D eigenvalue weighted by molar-refractivity contribution is 5.76. The first-order chi connectivity index (χ1) is 12.1. The van der Waals surface area contributed by atoms with E-state index in [-0.39, 0.29) is 6.04 Å². The Kier molecular flexibility index (Phi) is 4.07. The van der Waals surface area contributed by atoms with Gasteiger partial charge in [0, 0.05) is 0 Å². The maximum Gasteiger partial charge on any atom is 0.298 e. The van der Waals surface area contributed by atoms with Crippen molar-refractivity contribution in [2.24, 2.45) is 0 Å². The van der Waals surface area contributed by atoms with E-state index in [2.05, 4.69) is 15.4 Å². The Morgan fingerprint density at radius 3 is 2.60 bits per heavy atom. The lowest BCUT2D eigenvalue weighted by Crippen LogP contribution is -2.37. The van der Waals surface area contributed by atoms with Crippen molar-refractivity contribution in [3.63, 3.8) is 0 Å². The molecule has 4 atom stereocenters. The Morgan fingerprint density at radius 2 is 2.00 bits per heavy atom. The van der Waals surface area contributed by atoms with Crippen LogP contribution in [-0.2, 0) is 11.2 Å². The number of hydrogen-bond acceptors (Lipinski definition) is 8. The van der Waals surface area contributed by atoms with E-state index < -0.39 is 36.7 Å². The number of aliphatic hydroxyl groups is 3. The molecule has 1 aliphatic heterocycles. The molecule has 3 N–H and O–H groups in total. The number of aryl methyl sites for hydroxylation is 1. The molecule has 3 heterocycles. The molecule has 1 aliphatic carbocycles. The van der Waals surface area contributed by atoms with Crippen LogP contribution in [0.2, 0.25) is 0 Å². The summed E-state index contributed by atoms with van der Waals surface area (Å²) in [7, 11) is 0. The van der Waals surface area contributed by atoms with Crippen LogP contribution in [0, 0.1) is 0 Å². The van der Waals surface area contributed by atoms with Gasteiger partial charge in [0.15, 0.2) is 11.7 Å². The molecule has 1 saturated carbocycles. The van der Waals surface area contributed by atoms with Gasteiger partial charge in [-0.15, -0.1) is 5.10 Å². The molecule has 10 nitrogen and oxygen atoms in total. The molecule has 0 spiro atoms. The zero-order chi connectivity index (χ0) is 17.7. The third-order valence-electron chi connectivity index (χ3n) is 4.74. The van der Waals surface area contributed by atoms with Crippen molar-refractivity contribution in [1.29, 1.82) is 0 Å². The monoisotopic (exact) mass is 351 g/mol. The van der Waals surface area contributed by atoms with Crippen LogP contribution in [0.25, 0.3) is 11.0 Å². The average Bonchev–Trinajstić information content (AvgIpc) is 3.33. The fourth-order valence-corrected chi connectivity index (χ4v) is 3.26. The van der Waals surface area contributed by atoms with Crippen molar-refractivity contribution in [3.05, 3.63) is 16.0 Å². The molecule has 0 bridgehead atoms. The molecule has 1 saturated heterocycles. The molecule has 4 rings (SSSR count). The quantitative estimate of drug-likeness (QED) is 0.617. The summed E-state index contributed by atoms with van der Waals surface area (Å²) in [6, 6.07) is 0.184. The van der Waals surface area contributed by atoms with Crippen LogP contribution in [-0.4, -0.2) is 65.0 Å². The number of hydrogen-bond donors (Lipinski definition) is 3. The van der Waals surface area contributed by atoms with Crippen molar-refractivity contribution in [2.75, 3.05) is 6.61 Å². The molecule has 10 heteroatoms. The summed E-state index contributed by atoms with van der Waals surface area (Å²) in [5, 5.41) is 41.9. The summed E-state index contributed by atoms with van der Waals surface area (Å²) in [6.45, 7) is 1.55. The van der Waals surface area contributed by atoms with Gasteiger partial charge in [-0.2, -0.15) is 9.78 Å². The van der Waals surface area contributed by atoms with Gasteiger partial charge in [0.25, 0.3) is 5.56 Å². The van der Waals surface area contributed by atoms with E-state index in [0.717, 1.165) is 29.6 Å². The lowest BCUT2D eigenvalue weighted by atomic mass is 10.1. The first-order valence-corrected chi connectivity index (χ1v) is 8.55. The second-order valence-corrected chi connectivity index (χ2v) is 6.64. The molecular weight excluding hydrogens is 330 g/mol. The van der Waals surface area contributed by atoms with E-state index in [1.165, 1.54) is 0 Å². The predicted octanol–water partition coefficient (Wildman–Crippen LogP) is -1.11. The molecule has 25 heavy (non-hydrogen) atoms. The molecule has 0 radical (unpaired) electrons. The topological polar surface area (TPSA) is 136 Å². The van der Waals surface area contributed by atoms with E-state index >= 15 is 0 Å². The number of rotatable bonds is 5. The number of fused-ring (bicyclic) bond motifs is 1. The van der Waals surface area contributed by atoms with E-state index in [9.17, 15) is 20.1 Å². The summed E-state index contributed by atoms with van der Waals surface area (Å²) in [4.78, 5) is 13.0. The standard InChI is InChI=1S/C15H21N5O5/c1-2-3-8-10-11(19(17-8)7-4-5-7)14(24)20(18-16-10)15-13(23)12(22)9(6-21)25-15/h7,9,12-13,15,21-23H,2-6H2,1H3. The molecule has 2 aliphatic rings. The van der Waals surface area contributed by atoms with Crippen molar-refractivity contribution in [1.82, 2.24) is 24.8 Å². The van der Waals surface area contributed by atoms with Gasteiger partial charge in [-0.1, -0.05) is 18.6 Å². The summed E-state index contributed by atoms with van der Waals surface area (Å²) in [5.41, 5.74) is 1.09. The van der Waals surface area contributed by atoms with Crippen molar-refractivity contribution in [3.8, 4) is 0 Å². The second kappa shape index (κ2) is 6.13. The van der Waals surface area contributed by atoms with Crippen molar-refractivity contribution in [2.45, 2.75) is 63.2 Å². The smallest absolute Gasteiger partial charge is 0.298 e. The minimum Gasteiger partial charge on any atom is -0.394 e. The highest BCUT2D eigenvalue weighted by atomic mass is 16.6. The minimum atomic E-state index is -1.38. The largest absolute Gasteiger partial charge is 0.394 e. The first-order valence-electron chi connectivity index (χ1n) is 8.55. The number of nitrogens with zero attached hydrogens (tertiary/aromatic N) is 5. The Balaban J connectivity index is 1.83. The van der Waals surface area contributed by atoms with Crippen LogP contribution in [0.1, 0.15) is 44.1 Å². The molecule has 136 valence electrons. The van der Waals surface area contributed by atoms with Gasteiger partial charge in [0.1, 0.15) is 23.8 Å². The van der Waals surface area contributed by atoms with Gasteiger partial charge in [-0.05, 0) is 19.3 Å². The van der Waals surface area contributed by atoms with Crippen molar-refractivity contribution < 1.29 is 20.1 Å². The van der Waals surface area contributed by atoms with E-state index in [1.54, 1.807) is 4.68 Å².